The van der Waals surface area contributed by atoms with Gasteiger partial charge in [0.2, 0.25) is 0 Å². The Morgan fingerprint density at radius 2 is 2.07 bits per heavy atom. The van der Waals surface area contributed by atoms with Gasteiger partial charge in [0.1, 0.15) is 0 Å². The number of furan rings is 1. The number of pyridine rings is 1. The van der Waals surface area contributed by atoms with Crippen molar-refractivity contribution >= 4 is 23.0 Å². The fourth-order valence-corrected chi connectivity index (χ4v) is 4.09. The zero-order valence-electron chi connectivity index (χ0n) is 15.3. The summed E-state index contributed by atoms with van der Waals surface area (Å²) in [6.45, 7) is 2.73. The van der Waals surface area contributed by atoms with E-state index in [1.54, 1.807) is 29.3 Å². The number of rotatable bonds is 2. The molecule has 0 spiro atoms. The van der Waals surface area contributed by atoms with Gasteiger partial charge in [0.05, 0.1) is 29.1 Å². The largest absolute Gasteiger partial charge is 0.472 e. The third kappa shape index (κ3) is 2.79. The molecule has 28 heavy (non-hydrogen) atoms. The minimum absolute atomic E-state index is 0.0111. The maximum Gasteiger partial charge on any atom is 0.274 e. The fourth-order valence-electron chi connectivity index (χ4n) is 3.93. The first-order chi connectivity index (χ1) is 13.6. The lowest BCUT2D eigenvalue weighted by Gasteiger charge is -2.35. The number of benzene rings is 1. The van der Waals surface area contributed by atoms with Crippen molar-refractivity contribution in [2.45, 2.75) is 19.4 Å². The van der Waals surface area contributed by atoms with E-state index in [0.29, 0.717) is 17.3 Å². The second kappa shape index (κ2) is 6.53. The molecule has 1 atom stereocenters. The first-order valence-electron chi connectivity index (χ1n) is 9.21. The number of carbonyl (C=O) groups excluding carboxylic acids is 1. The van der Waals surface area contributed by atoms with E-state index in [2.05, 4.69) is 30.2 Å². The van der Waals surface area contributed by atoms with E-state index in [-0.39, 0.29) is 11.9 Å². The highest BCUT2D eigenvalue weighted by atomic mass is 35.5. The number of nitrogens with zero attached hydrogens (tertiary/aromatic N) is 3. The van der Waals surface area contributed by atoms with Gasteiger partial charge in [-0.15, -0.1) is 0 Å². The summed E-state index contributed by atoms with van der Waals surface area (Å²) in [6.07, 6.45) is 5.95. The Morgan fingerprint density at radius 3 is 2.89 bits per heavy atom. The third-order valence-electron chi connectivity index (χ3n) is 5.44. The lowest BCUT2D eigenvalue weighted by molar-refractivity contribution is 0.0671. The van der Waals surface area contributed by atoms with Crippen molar-refractivity contribution in [3.05, 3.63) is 83.0 Å². The SMILES string of the molecule is CC1c2ccc(-c3ccoc3)cc2CCN1C(=O)c1cc2ccc(Cl)cn2n1. The molecule has 4 heterocycles. The summed E-state index contributed by atoms with van der Waals surface area (Å²) < 4.78 is 6.84. The standard InChI is InChI=1S/C22H18ClN3O2/c1-14-20-5-2-15(17-7-9-28-13-17)10-16(20)6-8-25(14)22(27)21-11-19-4-3-18(23)12-26(19)24-21/h2-5,7,9-14H,6,8H2,1H3. The van der Waals surface area contributed by atoms with Crippen LogP contribution in [-0.4, -0.2) is 27.0 Å². The van der Waals surface area contributed by atoms with E-state index < -0.39 is 0 Å². The molecule has 3 aromatic heterocycles. The van der Waals surface area contributed by atoms with E-state index in [0.717, 1.165) is 23.1 Å². The van der Waals surface area contributed by atoms with Gasteiger partial charge in [-0.3, -0.25) is 4.79 Å². The topological polar surface area (TPSA) is 50.8 Å². The summed E-state index contributed by atoms with van der Waals surface area (Å²) in [5.74, 6) is -0.0584. The quantitative estimate of drug-likeness (QED) is 0.482. The Bertz CT molecular complexity index is 1180. The number of fused-ring (bicyclic) bond motifs is 2. The van der Waals surface area contributed by atoms with Crippen LogP contribution in [0.2, 0.25) is 5.02 Å². The second-order valence-corrected chi connectivity index (χ2v) is 7.53. The molecule has 1 aliphatic heterocycles. The third-order valence-corrected chi connectivity index (χ3v) is 5.66. The molecule has 4 aromatic rings. The van der Waals surface area contributed by atoms with Crippen molar-refractivity contribution in [1.29, 1.82) is 0 Å². The minimum Gasteiger partial charge on any atom is -0.472 e. The molecule has 1 aliphatic rings. The van der Waals surface area contributed by atoms with E-state index in [9.17, 15) is 4.79 Å². The lowest BCUT2D eigenvalue weighted by atomic mass is 9.90. The van der Waals surface area contributed by atoms with Crippen LogP contribution in [0.15, 0.2) is 65.6 Å². The van der Waals surface area contributed by atoms with Crippen molar-refractivity contribution in [2.24, 2.45) is 0 Å². The van der Waals surface area contributed by atoms with Crippen LogP contribution in [0.1, 0.15) is 34.6 Å². The summed E-state index contributed by atoms with van der Waals surface area (Å²) in [5.41, 5.74) is 5.94. The highest BCUT2D eigenvalue weighted by molar-refractivity contribution is 6.30. The van der Waals surface area contributed by atoms with E-state index in [1.807, 2.05) is 23.1 Å². The average Bonchev–Trinajstić information content (AvgIpc) is 3.37. The molecule has 0 saturated heterocycles. The Kier molecular flexibility index (Phi) is 3.98. The van der Waals surface area contributed by atoms with Gasteiger partial charge in [-0.2, -0.15) is 5.10 Å². The normalized spacial score (nSPS) is 16.4. The van der Waals surface area contributed by atoms with Crippen molar-refractivity contribution in [3.8, 4) is 11.1 Å². The summed E-state index contributed by atoms with van der Waals surface area (Å²) in [7, 11) is 0. The molecule has 0 bridgehead atoms. The molecule has 0 saturated carbocycles. The van der Waals surface area contributed by atoms with E-state index in [4.69, 9.17) is 16.0 Å². The first kappa shape index (κ1) is 17.1. The number of carbonyl (C=O) groups is 1. The Morgan fingerprint density at radius 1 is 1.18 bits per heavy atom. The molecule has 1 amide bonds. The molecule has 6 heteroatoms. The maximum absolute atomic E-state index is 13.1. The van der Waals surface area contributed by atoms with Crippen molar-refractivity contribution in [2.75, 3.05) is 6.54 Å². The van der Waals surface area contributed by atoms with Crippen LogP contribution in [0.3, 0.4) is 0 Å². The van der Waals surface area contributed by atoms with Crippen LogP contribution in [-0.2, 0) is 6.42 Å². The van der Waals surface area contributed by atoms with Gasteiger partial charge < -0.3 is 9.32 Å². The zero-order valence-corrected chi connectivity index (χ0v) is 16.1. The number of halogens is 1. The number of hydrogen-bond acceptors (Lipinski definition) is 3. The van der Waals surface area contributed by atoms with Crippen LogP contribution in [0.5, 0.6) is 0 Å². The molecule has 0 N–H and O–H groups in total. The van der Waals surface area contributed by atoms with E-state index >= 15 is 0 Å². The molecule has 5 rings (SSSR count). The molecular formula is C22H18ClN3O2. The Balaban J connectivity index is 1.45. The Labute approximate surface area is 167 Å². The molecule has 0 aliphatic carbocycles. The van der Waals surface area contributed by atoms with Gasteiger partial charge in [-0.1, -0.05) is 29.8 Å². The Hall–Kier alpha value is -3.05. The van der Waals surface area contributed by atoms with Crippen LogP contribution < -0.4 is 0 Å². The van der Waals surface area contributed by atoms with Crippen LogP contribution >= 0.6 is 11.6 Å². The van der Waals surface area contributed by atoms with Gasteiger partial charge in [-0.05, 0) is 54.3 Å². The van der Waals surface area contributed by atoms with Gasteiger partial charge in [-0.25, -0.2) is 4.52 Å². The van der Waals surface area contributed by atoms with E-state index in [1.165, 1.54) is 11.1 Å². The van der Waals surface area contributed by atoms with Gasteiger partial charge in [0.15, 0.2) is 5.69 Å². The number of hydrogen-bond donors (Lipinski definition) is 0. The molecule has 0 fully saturated rings. The van der Waals surface area contributed by atoms with Gasteiger partial charge >= 0.3 is 0 Å². The smallest absolute Gasteiger partial charge is 0.274 e. The molecule has 0 radical (unpaired) electrons. The molecule has 140 valence electrons. The minimum atomic E-state index is -0.0584. The summed E-state index contributed by atoms with van der Waals surface area (Å²) >= 11 is 6.02. The average molecular weight is 392 g/mol. The second-order valence-electron chi connectivity index (χ2n) is 7.10. The zero-order chi connectivity index (χ0) is 19.3. The first-order valence-corrected chi connectivity index (χ1v) is 9.59. The molecule has 1 aromatic carbocycles. The lowest BCUT2D eigenvalue weighted by Crippen LogP contribution is -2.39. The monoisotopic (exact) mass is 391 g/mol. The van der Waals surface area contributed by atoms with Crippen molar-refractivity contribution < 1.29 is 9.21 Å². The number of aromatic nitrogens is 2. The van der Waals surface area contributed by atoms with Gasteiger partial charge in [0, 0.05) is 18.3 Å². The van der Waals surface area contributed by atoms with Gasteiger partial charge in [0.25, 0.3) is 5.91 Å². The fraction of sp³-hybridized carbons (Fsp3) is 0.182. The summed E-state index contributed by atoms with van der Waals surface area (Å²) in [4.78, 5) is 15.0. The maximum atomic E-state index is 13.1. The van der Waals surface area contributed by atoms with Crippen molar-refractivity contribution in [3.63, 3.8) is 0 Å². The molecular weight excluding hydrogens is 374 g/mol. The highest BCUT2D eigenvalue weighted by Gasteiger charge is 2.29. The van der Waals surface area contributed by atoms with Crippen LogP contribution in [0.4, 0.5) is 0 Å². The summed E-state index contributed by atoms with van der Waals surface area (Å²) in [5, 5.41) is 5.00. The number of amides is 1. The summed E-state index contributed by atoms with van der Waals surface area (Å²) in [6, 6.07) is 13.8. The predicted molar refractivity (Wildman–Crippen MR) is 108 cm³/mol. The highest BCUT2D eigenvalue weighted by Crippen LogP contribution is 2.33. The van der Waals surface area contributed by atoms with Crippen LogP contribution in [0.25, 0.3) is 16.6 Å². The van der Waals surface area contributed by atoms with Crippen molar-refractivity contribution in [1.82, 2.24) is 14.5 Å². The molecule has 1 unspecified atom stereocenters. The van der Waals surface area contributed by atoms with Crippen LogP contribution in [0, 0.1) is 0 Å². The predicted octanol–water partition coefficient (Wildman–Crippen LogP) is 5.01. The molecule has 5 nitrogen and oxygen atoms in total.